The van der Waals surface area contributed by atoms with Crippen molar-refractivity contribution >= 4 is 22.6 Å². The second kappa shape index (κ2) is 11.6. The number of likely N-dealkylation sites (N-methyl/N-ethyl adjacent to an activating group) is 2. The molecule has 3 aromatic rings. The standard InChI is InChI=1S/C29H39N3O8/c1-16-9-11-19(30-16)27(35)39-25-23(34)28(40-29(3,4)26(25)36-8)37-21-12-10-18-20(32(7)14-13-31(5)6)15-22(33)38-24(18)17(21)2/h9-12,15,23,25-26,28,30,34H,13-14H2,1-8H3/t23-,25+,26-,28-/m1/s1. The molecule has 1 saturated heterocycles. The number of hydrogen-bond donors (Lipinski definition) is 2. The lowest BCUT2D eigenvalue weighted by Crippen LogP contribution is -2.65. The van der Waals surface area contributed by atoms with Gasteiger partial charge in [0.25, 0.3) is 0 Å². The Bertz CT molecular complexity index is 1410. The maximum absolute atomic E-state index is 12.9. The van der Waals surface area contributed by atoms with Gasteiger partial charge in [0.15, 0.2) is 12.2 Å². The Morgan fingerprint density at radius 2 is 1.85 bits per heavy atom. The lowest BCUT2D eigenvalue weighted by Gasteiger charge is -2.47. The molecule has 218 valence electrons. The predicted molar refractivity (Wildman–Crippen MR) is 150 cm³/mol. The fraction of sp³-hybridized carbons (Fsp3) is 0.517. The molecule has 0 spiro atoms. The molecule has 1 aliphatic heterocycles. The molecule has 11 nitrogen and oxygen atoms in total. The van der Waals surface area contributed by atoms with Crippen LogP contribution < -0.4 is 15.3 Å². The summed E-state index contributed by atoms with van der Waals surface area (Å²) in [5, 5.41) is 12.0. The summed E-state index contributed by atoms with van der Waals surface area (Å²) in [6, 6.07) is 8.40. The molecule has 3 heterocycles. The highest BCUT2D eigenvalue weighted by Crippen LogP contribution is 2.37. The smallest absolute Gasteiger partial charge is 0.355 e. The van der Waals surface area contributed by atoms with Crippen LogP contribution in [0.5, 0.6) is 5.75 Å². The molecule has 0 unspecified atom stereocenters. The minimum Gasteiger partial charge on any atom is -0.462 e. The van der Waals surface area contributed by atoms with Crippen LogP contribution in [0.2, 0.25) is 0 Å². The molecule has 0 amide bonds. The summed E-state index contributed by atoms with van der Waals surface area (Å²) >= 11 is 0. The van der Waals surface area contributed by atoms with Crippen LogP contribution in [-0.4, -0.2) is 92.5 Å². The molecule has 4 atom stereocenters. The van der Waals surface area contributed by atoms with Gasteiger partial charge in [-0.05, 0) is 66.1 Å². The molecule has 1 aromatic carbocycles. The van der Waals surface area contributed by atoms with Crippen LogP contribution in [0, 0.1) is 13.8 Å². The number of carbonyl (C=O) groups is 1. The second-order valence-corrected chi connectivity index (χ2v) is 11.0. The summed E-state index contributed by atoms with van der Waals surface area (Å²) in [4.78, 5) is 32.4. The van der Waals surface area contributed by atoms with Crippen molar-refractivity contribution < 1.29 is 33.3 Å². The zero-order valence-electron chi connectivity index (χ0n) is 24.3. The van der Waals surface area contributed by atoms with E-state index in [0.29, 0.717) is 23.4 Å². The van der Waals surface area contributed by atoms with Gasteiger partial charge in [0.2, 0.25) is 6.29 Å². The highest BCUT2D eigenvalue weighted by atomic mass is 16.7. The van der Waals surface area contributed by atoms with E-state index in [4.69, 9.17) is 23.4 Å². The molecule has 2 N–H and O–H groups in total. The third kappa shape index (κ3) is 6.02. The zero-order chi connectivity index (χ0) is 29.4. The lowest BCUT2D eigenvalue weighted by molar-refractivity contribution is -0.305. The Balaban J connectivity index is 1.64. The molecule has 4 rings (SSSR count). The van der Waals surface area contributed by atoms with E-state index in [1.165, 1.54) is 13.2 Å². The van der Waals surface area contributed by atoms with Gasteiger partial charge in [0.1, 0.15) is 23.1 Å². The number of methoxy groups -OCH3 is 1. The van der Waals surface area contributed by atoms with Gasteiger partial charge in [0, 0.05) is 50.0 Å². The van der Waals surface area contributed by atoms with E-state index in [9.17, 15) is 14.7 Å². The summed E-state index contributed by atoms with van der Waals surface area (Å²) < 4.78 is 29.2. The quantitative estimate of drug-likeness (QED) is 0.300. The van der Waals surface area contributed by atoms with E-state index >= 15 is 0 Å². The van der Waals surface area contributed by atoms with Crippen molar-refractivity contribution in [2.24, 2.45) is 0 Å². The van der Waals surface area contributed by atoms with Gasteiger partial charge in [-0.3, -0.25) is 0 Å². The normalized spacial score (nSPS) is 22.4. The first kappa shape index (κ1) is 29.6. The average molecular weight is 558 g/mol. The Morgan fingerprint density at radius 1 is 1.12 bits per heavy atom. The summed E-state index contributed by atoms with van der Waals surface area (Å²) in [6.45, 7) is 8.65. The van der Waals surface area contributed by atoms with Gasteiger partial charge in [0.05, 0.1) is 11.3 Å². The second-order valence-electron chi connectivity index (χ2n) is 11.0. The Morgan fingerprint density at radius 3 is 2.48 bits per heavy atom. The molecule has 0 saturated carbocycles. The number of H-pyrrole nitrogens is 1. The number of aliphatic hydroxyl groups excluding tert-OH is 1. The summed E-state index contributed by atoms with van der Waals surface area (Å²) in [5.74, 6) is -0.283. The maximum Gasteiger partial charge on any atom is 0.355 e. The number of benzene rings is 1. The molecule has 0 aliphatic carbocycles. The number of hydrogen-bond acceptors (Lipinski definition) is 10. The molecule has 1 aliphatic rings. The number of anilines is 1. The van der Waals surface area contributed by atoms with Crippen molar-refractivity contribution in [2.75, 3.05) is 46.2 Å². The van der Waals surface area contributed by atoms with Gasteiger partial charge in [-0.2, -0.15) is 0 Å². The van der Waals surface area contributed by atoms with Gasteiger partial charge in [-0.1, -0.05) is 0 Å². The number of aromatic nitrogens is 1. The summed E-state index contributed by atoms with van der Waals surface area (Å²) in [5.41, 5.74) is 1.27. The minimum absolute atomic E-state index is 0.257. The number of nitrogens with zero attached hydrogens (tertiary/aromatic N) is 2. The van der Waals surface area contributed by atoms with Crippen LogP contribution in [0.3, 0.4) is 0 Å². The fourth-order valence-electron chi connectivity index (χ4n) is 4.98. The Hall–Kier alpha value is -3.38. The third-order valence-electron chi connectivity index (χ3n) is 7.19. The van der Waals surface area contributed by atoms with Crippen LogP contribution in [0.25, 0.3) is 11.0 Å². The van der Waals surface area contributed by atoms with Crippen LogP contribution in [0.4, 0.5) is 5.69 Å². The Labute approximate surface area is 233 Å². The van der Waals surface area contributed by atoms with Crippen molar-refractivity contribution in [1.29, 1.82) is 0 Å². The topological polar surface area (TPSA) is 127 Å². The highest BCUT2D eigenvalue weighted by molar-refractivity contribution is 5.93. The minimum atomic E-state index is -1.39. The molecule has 11 heteroatoms. The summed E-state index contributed by atoms with van der Waals surface area (Å²) in [7, 11) is 7.37. The predicted octanol–water partition coefficient (Wildman–Crippen LogP) is 2.85. The van der Waals surface area contributed by atoms with Gasteiger partial charge < -0.3 is 43.3 Å². The average Bonchev–Trinajstić information content (AvgIpc) is 3.33. The number of nitrogens with one attached hydrogen (secondary N) is 1. The van der Waals surface area contributed by atoms with Crippen molar-refractivity contribution in [3.63, 3.8) is 0 Å². The molecule has 40 heavy (non-hydrogen) atoms. The fourth-order valence-corrected chi connectivity index (χ4v) is 4.98. The van der Waals surface area contributed by atoms with Gasteiger partial charge in [-0.25, -0.2) is 9.59 Å². The first-order valence-electron chi connectivity index (χ1n) is 13.2. The number of aromatic amines is 1. The van der Waals surface area contributed by atoms with Crippen LogP contribution in [-0.2, 0) is 14.2 Å². The van der Waals surface area contributed by atoms with E-state index in [0.717, 1.165) is 23.3 Å². The van der Waals surface area contributed by atoms with E-state index in [1.54, 1.807) is 39.0 Å². The van der Waals surface area contributed by atoms with Gasteiger partial charge in [-0.15, -0.1) is 0 Å². The monoisotopic (exact) mass is 557 g/mol. The number of esters is 1. The van der Waals surface area contributed by atoms with Crippen LogP contribution in [0.15, 0.2) is 39.5 Å². The number of fused-ring (bicyclic) bond motifs is 1. The van der Waals surface area contributed by atoms with E-state index in [-0.39, 0.29) is 5.69 Å². The molecule has 1 fully saturated rings. The van der Waals surface area contributed by atoms with Crippen LogP contribution >= 0.6 is 0 Å². The van der Waals surface area contributed by atoms with Crippen LogP contribution in [0.1, 0.15) is 35.6 Å². The van der Waals surface area contributed by atoms with Crippen molar-refractivity contribution in [3.05, 3.63) is 57.7 Å². The van der Waals surface area contributed by atoms with Crippen molar-refractivity contribution in [2.45, 2.75) is 57.9 Å². The Kier molecular flexibility index (Phi) is 8.60. The number of aryl methyl sites for hydroxylation is 2. The number of ether oxygens (including phenoxy) is 4. The number of aliphatic hydroxyl groups is 1. The molecule has 0 bridgehead atoms. The third-order valence-corrected chi connectivity index (χ3v) is 7.19. The van der Waals surface area contributed by atoms with E-state index in [2.05, 4.69) is 9.88 Å². The molecule has 2 aromatic heterocycles. The van der Waals surface area contributed by atoms with Gasteiger partial charge >= 0.3 is 11.6 Å². The first-order chi connectivity index (χ1) is 18.8. The lowest BCUT2D eigenvalue weighted by atomic mass is 9.89. The summed E-state index contributed by atoms with van der Waals surface area (Å²) in [6.07, 6.45) is -4.47. The largest absolute Gasteiger partial charge is 0.462 e. The molecule has 0 radical (unpaired) electrons. The zero-order valence-corrected chi connectivity index (χ0v) is 24.3. The number of rotatable bonds is 9. The number of carbonyl (C=O) groups excluding carboxylic acids is 1. The van der Waals surface area contributed by atoms with E-state index < -0.39 is 41.8 Å². The first-order valence-corrected chi connectivity index (χ1v) is 13.2. The molecular formula is C29H39N3O8. The SMILES string of the molecule is CO[C@@H]1[C@@H](OC(=O)c2ccc(C)[nH]2)[C@@H](O)[C@H](Oc2ccc3c(N(C)CCN(C)C)cc(=O)oc3c2C)OC1(C)C. The van der Waals surface area contributed by atoms with Crippen molar-refractivity contribution in [3.8, 4) is 5.75 Å². The highest BCUT2D eigenvalue weighted by Gasteiger charge is 2.53. The molecular weight excluding hydrogens is 518 g/mol. The van der Waals surface area contributed by atoms with E-state index in [1.807, 2.05) is 39.0 Å². The van der Waals surface area contributed by atoms with Crippen molar-refractivity contribution in [1.82, 2.24) is 9.88 Å². The maximum atomic E-state index is 12.9.